The van der Waals surface area contributed by atoms with Gasteiger partial charge in [-0.05, 0) is 30.5 Å². The predicted molar refractivity (Wildman–Crippen MR) is 76.3 cm³/mol. The minimum atomic E-state index is -0.290. The fraction of sp³-hybridized carbons (Fsp3) is 0.0625. The Hall–Kier alpha value is -2.42. The fourth-order valence-corrected chi connectivity index (χ4v) is 2.21. The maximum atomic E-state index is 13.8. The molecule has 19 heavy (non-hydrogen) atoms. The zero-order chi connectivity index (χ0) is 13.4. The van der Waals surface area contributed by atoms with E-state index in [-0.39, 0.29) is 5.82 Å². The molecule has 3 rings (SSSR count). The number of aromatic nitrogens is 1. The number of anilines is 1. The molecule has 1 aromatic heterocycles. The van der Waals surface area contributed by atoms with E-state index >= 15 is 0 Å². The molecular formula is C16H13FN2. The van der Waals surface area contributed by atoms with Crippen LogP contribution in [0.2, 0.25) is 0 Å². The van der Waals surface area contributed by atoms with Crippen molar-refractivity contribution in [3.05, 3.63) is 59.9 Å². The van der Waals surface area contributed by atoms with Crippen molar-refractivity contribution in [1.29, 1.82) is 0 Å². The van der Waals surface area contributed by atoms with E-state index in [9.17, 15) is 4.39 Å². The Kier molecular flexibility index (Phi) is 2.67. The highest BCUT2D eigenvalue weighted by atomic mass is 19.1. The highest BCUT2D eigenvalue weighted by Crippen LogP contribution is 2.28. The minimum absolute atomic E-state index is 0.290. The van der Waals surface area contributed by atoms with Crippen molar-refractivity contribution < 1.29 is 4.39 Å². The van der Waals surface area contributed by atoms with Gasteiger partial charge in [-0.3, -0.25) is 0 Å². The second-order valence-corrected chi connectivity index (χ2v) is 4.60. The van der Waals surface area contributed by atoms with Gasteiger partial charge >= 0.3 is 0 Å². The number of hydrogen-bond donors (Lipinski definition) is 1. The quantitative estimate of drug-likeness (QED) is 0.712. The molecule has 3 heteroatoms. The summed E-state index contributed by atoms with van der Waals surface area (Å²) in [6, 6.07) is 14.4. The Bertz CT molecular complexity index is 766. The summed E-state index contributed by atoms with van der Waals surface area (Å²) in [6.45, 7) is 2.01. The molecule has 0 aliphatic carbocycles. The standard InChI is InChI=1S/C16H13FN2/c1-10-6-7-12-11(8-10)9-15(19-16(12)18)13-4-2-3-5-14(13)17/h2-9H,1H3,(H2,18,19). The molecule has 2 nitrogen and oxygen atoms in total. The molecule has 0 unspecified atom stereocenters. The van der Waals surface area contributed by atoms with E-state index in [2.05, 4.69) is 4.98 Å². The smallest absolute Gasteiger partial charge is 0.132 e. The van der Waals surface area contributed by atoms with Gasteiger partial charge in [0.25, 0.3) is 0 Å². The molecule has 0 spiro atoms. The summed E-state index contributed by atoms with van der Waals surface area (Å²) >= 11 is 0. The fourth-order valence-electron chi connectivity index (χ4n) is 2.21. The Balaban J connectivity index is 2.29. The SMILES string of the molecule is Cc1ccc2c(N)nc(-c3ccccc3F)cc2c1. The third-order valence-electron chi connectivity index (χ3n) is 3.17. The summed E-state index contributed by atoms with van der Waals surface area (Å²) in [6.07, 6.45) is 0. The third kappa shape index (κ3) is 2.03. The van der Waals surface area contributed by atoms with E-state index < -0.39 is 0 Å². The lowest BCUT2D eigenvalue weighted by Crippen LogP contribution is -1.96. The molecule has 0 aliphatic rings. The van der Waals surface area contributed by atoms with Crippen LogP contribution in [-0.2, 0) is 0 Å². The summed E-state index contributed by atoms with van der Waals surface area (Å²) in [4.78, 5) is 4.30. The van der Waals surface area contributed by atoms with Gasteiger partial charge in [0.2, 0.25) is 0 Å². The molecule has 0 saturated heterocycles. The molecule has 0 radical (unpaired) electrons. The van der Waals surface area contributed by atoms with Gasteiger partial charge < -0.3 is 5.73 Å². The number of benzene rings is 2. The van der Waals surface area contributed by atoms with E-state index in [0.29, 0.717) is 17.1 Å². The van der Waals surface area contributed by atoms with Crippen LogP contribution in [0.15, 0.2) is 48.5 Å². The molecule has 2 N–H and O–H groups in total. The number of hydrogen-bond acceptors (Lipinski definition) is 2. The molecule has 0 amide bonds. The summed E-state index contributed by atoms with van der Waals surface area (Å²) in [5.74, 6) is 0.136. The Labute approximate surface area is 110 Å². The van der Waals surface area contributed by atoms with Crippen LogP contribution in [-0.4, -0.2) is 4.98 Å². The van der Waals surface area contributed by atoms with Crippen LogP contribution in [0.1, 0.15) is 5.56 Å². The van der Waals surface area contributed by atoms with Crippen molar-refractivity contribution in [2.24, 2.45) is 0 Å². The number of aryl methyl sites for hydroxylation is 1. The lowest BCUT2D eigenvalue weighted by atomic mass is 10.0. The van der Waals surface area contributed by atoms with Crippen molar-refractivity contribution in [2.45, 2.75) is 6.92 Å². The summed E-state index contributed by atoms with van der Waals surface area (Å²) < 4.78 is 13.8. The lowest BCUT2D eigenvalue weighted by molar-refractivity contribution is 0.631. The van der Waals surface area contributed by atoms with Crippen molar-refractivity contribution in [2.75, 3.05) is 5.73 Å². The first-order chi connectivity index (χ1) is 9.15. The topological polar surface area (TPSA) is 38.9 Å². The summed E-state index contributed by atoms with van der Waals surface area (Å²) in [7, 11) is 0. The maximum Gasteiger partial charge on any atom is 0.132 e. The molecule has 2 aromatic carbocycles. The molecule has 0 fully saturated rings. The number of nitrogens with two attached hydrogens (primary N) is 1. The zero-order valence-corrected chi connectivity index (χ0v) is 10.5. The van der Waals surface area contributed by atoms with E-state index in [1.165, 1.54) is 6.07 Å². The van der Waals surface area contributed by atoms with Gasteiger partial charge in [0.15, 0.2) is 0 Å². The van der Waals surface area contributed by atoms with Gasteiger partial charge in [0.1, 0.15) is 11.6 Å². The predicted octanol–water partition coefficient (Wildman–Crippen LogP) is 3.93. The maximum absolute atomic E-state index is 13.8. The molecule has 0 atom stereocenters. The second-order valence-electron chi connectivity index (χ2n) is 4.60. The van der Waals surface area contributed by atoms with Crippen LogP contribution in [0.5, 0.6) is 0 Å². The highest BCUT2D eigenvalue weighted by Gasteiger charge is 2.09. The first-order valence-corrected chi connectivity index (χ1v) is 6.07. The Morgan fingerprint density at radius 3 is 2.63 bits per heavy atom. The number of nitrogens with zero attached hydrogens (tertiary/aromatic N) is 1. The van der Waals surface area contributed by atoms with Crippen molar-refractivity contribution >= 4 is 16.6 Å². The van der Waals surface area contributed by atoms with E-state index in [0.717, 1.165) is 16.3 Å². The molecular weight excluding hydrogens is 239 g/mol. The van der Waals surface area contributed by atoms with Crippen LogP contribution >= 0.6 is 0 Å². The number of fused-ring (bicyclic) bond motifs is 1. The number of pyridine rings is 1. The van der Waals surface area contributed by atoms with E-state index in [4.69, 9.17) is 5.73 Å². The van der Waals surface area contributed by atoms with Crippen LogP contribution < -0.4 is 5.73 Å². The van der Waals surface area contributed by atoms with Crippen molar-refractivity contribution in [3.63, 3.8) is 0 Å². The number of halogens is 1. The minimum Gasteiger partial charge on any atom is -0.383 e. The van der Waals surface area contributed by atoms with Crippen LogP contribution in [0, 0.1) is 12.7 Å². The first-order valence-electron chi connectivity index (χ1n) is 6.07. The van der Waals surface area contributed by atoms with Crippen LogP contribution in [0.4, 0.5) is 10.2 Å². The molecule has 1 heterocycles. The largest absolute Gasteiger partial charge is 0.383 e. The van der Waals surface area contributed by atoms with Gasteiger partial charge in [-0.15, -0.1) is 0 Å². The summed E-state index contributed by atoms with van der Waals surface area (Å²) in [5.41, 5.74) is 8.13. The number of rotatable bonds is 1. The molecule has 94 valence electrons. The molecule has 0 bridgehead atoms. The van der Waals surface area contributed by atoms with Crippen molar-refractivity contribution in [3.8, 4) is 11.3 Å². The van der Waals surface area contributed by atoms with Crippen molar-refractivity contribution in [1.82, 2.24) is 4.98 Å². The zero-order valence-electron chi connectivity index (χ0n) is 10.5. The van der Waals surface area contributed by atoms with Gasteiger partial charge in [-0.25, -0.2) is 9.37 Å². The average Bonchev–Trinajstić information content (AvgIpc) is 2.38. The average molecular weight is 252 g/mol. The van der Waals surface area contributed by atoms with Gasteiger partial charge in [-0.1, -0.05) is 35.9 Å². The molecule has 3 aromatic rings. The summed E-state index contributed by atoms with van der Waals surface area (Å²) in [5, 5.41) is 1.87. The van der Waals surface area contributed by atoms with Gasteiger partial charge in [-0.2, -0.15) is 0 Å². The normalized spacial score (nSPS) is 10.8. The first kappa shape index (κ1) is 11.7. The Morgan fingerprint density at radius 2 is 1.84 bits per heavy atom. The highest BCUT2D eigenvalue weighted by molar-refractivity contribution is 5.94. The monoisotopic (exact) mass is 252 g/mol. The third-order valence-corrected chi connectivity index (χ3v) is 3.17. The second kappa shape index (κ2) is 4.35. The van der Waals surface area contributed by atoms with Gasteiger partial charge in [0, 0.05) is 10.9 Å². The Morgan fingerprint density at radius 1 is 1.05 bits per heavy atom. The molecule has 0 saturated carbocycles. The lowest BCUT2D eigenvalue weighted by Gasteiger charge is -2.08. The van der Waals surface area contributed by atoms with Crippen LogP contribution in [0.3, 0.4) is 0 Å². The van der Waals surface area contributed by atoms with E-state index in [1.807, 2.05) is 31.2 Å². The molecule has 0 aliphatic heterocycles. The van der Waals surface area contributed by atoms with Gasteiger partial charge in [0.05, 0.1) is 5.69 Å². The van der Waals surface area contributed by atoms with Crippen LogP contribution in [0.25, 0.3) is 22.0 Å². The number of nitrogen functional groups attached to an aromatic ring is 1. The van der Waals surface area contributed by atoms with E-state index in [1.54, 1.807) is 18.2 Å².